The van der Waals surface area contributed by atoms with E-state index >= 15 is 0 Å². The summed E-state index contributed by atoms with van der Waals surface area (Å²) in [6.07, 6.45) is 5.46. The lowest BCUT2D eigenvalue weighted by atomic mass is 9.96. The van der Waals surface area contributed by atoms with Crippen molar-refractivity contribution in [2.45, 2.75) is 25.8 Å². The van der Waals surface area contributed by atoms with Crippen LogP contribution in [0.3, 0.4) is 0 Å². The Kier molecular flexibility index (Phi) is 4.53. The number of hydrogen-bond donors (Lipinski definition) is 1. The molecule has 0 amide bonds. The molecule has 0 spiro atoms. The molecular formula is C16H20N2O. The number of benzene rings is 1. The van der Waals surface area contributed by atoms with Crippen LogP contribution in [0, 0.1) is 0 Å². The first kappa shape index (κ1) is 13.6. The van der Waals surface area contributed by atoms with Crippen LogP contribution in [0.15, 0.2) is 42.7 Å². The first-order valence-corrected chi connectivity index (χ1v) is 6.56. The van der Waals surface area contributed by atoms with Crippen molar-refractivity contribution >= 4 is 0 Å². The zero-order valence-corrected chi connectivity index (χ0v) is 11.5. The summed E-state index contributed by atoms with van der Waals surface area (Å²) in [6, 6.07) is 10.1. The van der Waals surface area contributed by atoms with Gasteiger partial charge in [0.05, 0.1) is 7.11 Å². The van der Waals surface area contributed by atoms with Gasteiger partial charge in [0.25, 0.3) is 0 Å². The summed E-state index contributed by atoms with van der Waals surface area (Å²) in [4.78, 5) is 4.16. The Morgan fingerprint density at radius 1 is 1.32 bits per heavy atom. The van der Waals surface area contributed by atoms with Gasteiger partial charge < -0.3 is 10.5 Å². The van der Waals surface area contributed by atoms with Crippen LogP contribution in [0.5, 0.6) is 5.75 Å². The van der Waals surface area contributed by atoms with Crippen LogP contribution < -0.4 is 10.5 Å². The smallest absolute Gasteiger partial charge is 0.119 e. The highest BCUT2D eigenvalue weighted by Crippen LogP contribution is 2.21. The highest BCUT2D eigenvalue weighted by Gasteiger charge is 2.11. The summed E-state index contributed by atoms with van der Waals surface area (Å²) in [5, 5.41) is 0. The molecule has 0 saturated carbocycles. The van der Waals surface area contributed by atoms with Gasteiger partial charge in [0.2, 0.25) is 0 Å². The van der Waals surface area contributed by atoms with Gasteiger partial charge in [0, 0.05) is 18.4 Å². The van der Waals surface area contributed by atoms with Crippen LogP contribution in [0.1, 0.15) is 29.7 Å². The summed E-state index contributed by atoms with van der Waals surface area (Å²) in [7, 11) is 1.68. The largest absolute Gasteiger partial charge is 0.497 e. The summed E-state index contributed by atoms with van der Waals surface area (Å²) < 4.78 is 5.24. The average molecular weight is 256 g/mol. The first-order chi connectivity index (χ1) is 9.24. The van der Waals surface area contributed by atoms with E-state index in [9.17, 15) is 0 Å². The Balaban J connectivity index is 2.18. The summed E-state index contributed by atoms with van der Waals surface area (Å²) in [5.41, 5.74) is 9.91. The molecule has 3 nitrogen and oxygen atoms in total. The number of aryl methyl sites for hydroxylation is 1. The molecule has 1 heterocycles. The maximum Gasteiger partial charge on any atom is 0.119 e. The van der Waals surface area contributed by atoms with Gasteiger partial charge >= 0.3 is 0 Å². The third kappa shape index (κ3) is 3.32. The van der Waals surface area contributed by atoms with Gasteiger partial charge in [-0.15, -0.1) is 0 Å². The second-order valence-corrected chi connectivity index (χ2v) is 4.59. The van der Waals surface area contributed by atoms with E-state index in [-0.39, 0.29) is 6.04 Å². The lowest BCUT2D eigenvalue weighted by molar-refractivity contribution is 0.414. The van der Waals surface area contributed by atoms with Crippen LogP contribution in [-0.4, -0.2) is 12.1 Å². The van der Waals surface area contributed by atoms with Crippen molar-refractivity contribution in [3.63, 3.8) is 0 Å². The lowest BCUT2D eigenvalue weighted by Gasteiger charge is -2.16. The van der Waals surface area contributed by atoms with Gasteiger partial charge in [0.15, 0.2) is 0 Å². The quantitative estimate of drug-likeness (QED) is 0.894. The van der Waals surface area contributed by atoms with Gasteiger partial charge in [-0.25, -0.2) is 0 Å². The Morgan fingerprint density at radius 2 is 2.16 bits per heavy atom. The maximum atomic E-state index is 6.33. The van der Waals surface area contributed by atoms with E-state index in [1.165, 1.54) is 16.7 Å². The van der Waals surface area contributed by atoms with Crippen LogP contribution in [0.4, 0.5) is 0 Å². The molecule has 2 aromatic rings. The molecule has 1 aromatic carbocycles. The molecule has 2 N–H and O–H groups in total. The third-order valence-electron chi connectivity index (χ3n) is 3.31. The molecular weight excluding hydrogens is 236 g/mol. The second kappa shape index (κ2) is 6.34. The van der Waals surface area contributed by atoms with E-state index < -0.39 is 0 Å². The van der Waals surface area contributed by atoms with Gasteiger partial charge in [-0.3, -0.25) is 4.98 Å². The van der Waals surface area contributed by atoms with Crippen molar-refractivity contribution in [3.8, 4) is 5.75 Å². The van der Waals surface area contributed by atoms with E-state index in [0.29, 0.717) is 0 Å². The number of ether oxygens (including phenoxy) is 1. The summed E-state index contributed by atoms with van der Waals surface area (Å²) in [6.45, 7) is 2.12. The fraction of sp³-hybridized carbons (Fsp3) is 0.312. The van der Waals surface area contributed by atoms with E-state index in [1.54, 1.807) is 13.3 Å². The molecule has 1 aromatic heterocycles. The molecule has 0 aliphatic rings. The van der Waals surface area contributed by atoms with Crippen LogP contribution in [-0.2, 0) is 12.8 Å². The summed E-state index contributed by atoms with van der Waals surface area (Å²) in [5.74, 6) is 0.871. The molecule has 0 aliphatic heterocycles. The predicted molar refractivity (Wildman–Crippen MR) is 77.2 cm³/mol. The Bertz CT molecular complexity index is 540. The number of methoxy groups -OCH3 is 1. The van der Waals surface area contributed by atoms with Crippen molar-refractivity contribution in [1.29, 1.82) is 0 Å². The van der Waals surface area contributed by atoms with E-state index in [1.807, 2.05) is 30.5 Å². The third-order valence-corrected chi connectivity index (χ3v) is 3.31. The molecule has 0 radical (unpaired) electrons. The fourth-order valence-corrected chi connectivity index (χ4v) is 2.26. The monoisotopic (exact) mass is 256 g/mol. The fourth-order valence-electron chi connectivity index (χ4n) is 2.26. The number of aromatic nitrogens is 1. The minimum atomic E-state index is -0.00921. The SMILES string of the molecule is CCc1cnccc1C(N)Cc1cccc(OC)c1. The van der Waals surface area contributed by atoms with Crippen molar-refractivity contribution in [1.82, 2.24) is 4.98 Å². The molecule has 0 aliphatic carbocycles. The van der Waals surface area contributed by atoms with E-state index in [2.05, 4.69) is 18.0 Å². The highest BCUT2D eigenvalue weighted by molar-refractivity contribution is 5.32. The lowest BCUT2D eigenvalue weighted by Crippen LogP contribution is -2.15. The zero-order valence-electron chi connectivity index (χ0n) is 11.5. The minimum Gasteiger partial charge on any atom is -0.497 e. The molecule has 100 valence electrons. The number of rotatable bonds is 5. The van der Waals surface area contributed by atoms with Crippen molar-refractivity contribution in [2.75, 3.05) is 7.11 Å². The Hall–Kier alpha value is -1.87. The zero-order chi connectivity index (χ0) is 13.7. The predicted octanol–water partition coefficient (Wildman–Crippen LogP) is 2.90. The minimum absolute atomic E-state index is 0.00921. The van der Waals surface area contributed by atoms with E-state index in [4.69, 9.17) is 10.5 Å². The average Bonchev–Trinajstić information content (AvgIpc) is 2.47. The first-order valence-electron chi connectivity index (χ1n) is 6.56. The molecule has 0 saturated heterocycles. The molecule has 1 unspecified atom stereocenters. The van der Waals surface area contributed by atoms with Crippen molar-refractivity contribution in [3.05, 3.63) is 59.4 Å². The number of hydrogen-bond acceptors (Lipinski definition) is 3. The molecule has 0 bridgehead atoms. The highest BCUT2D eigenvalue weighted by atomic mass is 16.5. The van der Waals surface area contributed by atoms with Crippen molar-refractivity contribution < 1.29 is 4.74 Å². The number of nitrogens with two attached hydrogens (primary N) is 1. The Morgan fingerprint density at radius 3 is 2.89 bits per heavy atom. The summed E-state index contributed by atoms with van der Waals surface area (Å²) >= 11 is 0. The normalized spacial score (nSPS) is 12.2. The van der Waals surface area contributed by atoms with Gasteiger partial charge in [-0.05, 0) is 47.7 Å². The van der Waals surface area contributed by atoms with Crippen LogP contribution in [0.25, 0.3) is 0 Å². The van der Waals surface area contributed by atoms with Gasteiger partial charge in [-0.1, -0.05) is 19.1 Å². The van der Waals surface area contributed by atoms with Crippen LogP contribution in [0.2, 0.25) is 0 Å². The number of pyridine rings is 1. The number of nitrogens with zero attached hydrogens (tertiary/aromatic N) is 1. The maximum absolute atomic E-state index is 6.33. The molecule has 19 heavy (non-hydrogen) atoms. The molecule has 0 fully saturated rings. The molecule has 1 atom stereocenters. The Labute approximate surface area is 114 Å². The molecule has 3 heteroatoms. The topological polar surface area (TPSA) is 48.1 Å². The second-order valence-electron chi connectivity index (χ2n) is 4.59. The van der Waals surface area contributed by atoms with Crippen LogP contribution >= 0.6 is 0 Å². The van der Waals surface area contributed by atoms with Gasteiger partial charge in [-0.2, -0.15) is 0 Å². The standard InChI is InChI=1S/C16H20N2O/c1-3-13-11-18-8-7-15(13)16(17)10-12-5-4-6-14(9-12)19-2/h4-9,11,16H,3,10,17H2,1-2H3. The van der Waals surface area contributed by atoms with Crippen molar-refractivity contribution in [2.24, 2.45) is 5.73 Å². The molecule has 2 rings (SSSR count). The van der Waals surface area contributed by atoms with Gasteiger partial charge in [0.1, 0.15) is 5.75 Å². The van der Waals surface area contributed by atoms with E-state index in [0.717, 1.165) is 18.6 Å².